The zero-order valence-corrected chi connectivity index (χ0v) is 18.4. The molecule has 1 fully saturated rings. The Hall–Kier alpha value is -0.543. The summed E-state index contributed by atoms with van der Waals surface area (Å²) in [6, 6.07) is 0.370. The summed E-state index contributed by atoms with van der Waals surface area (Å²) in [4.78, 5) is 8.60. The lowest BCUT2D eigenvalue weighted by molar-refractivity contribution is 0.109. The van der Waals surface area contributed by atoms with Crippen LogP contribution in [0, 0.1) is 3.70 Å². The molecule has 1 aliphatic carbocycles. The molecule has 0 aromatic carbocycles. The van der Waals surface area contributed by atoms with E-state index in [1.165, 1.54) is 6.42 Å². The summed E-state index contributed by atoms with van der Waals surface area (Å²) >= 11 is 2.28. The van der Waals surface area contributed by atoms with E-state index in [4.69, 9.17) is 9.52 Å². The van der Waals surface area contributed by atoms with Gasteiger partial charge in [0.15, 0.2) is 14.0 Å². The highest BCUT2D eigenvalue weighted by atomic mass is 127. The summed E-state index contributed by atoms with van der Waals surface area (Å²) in [5.41, 5.74) is 0.951. The first-order valence-electron chi connectivity index (χ1n) is 8.70. The molecule has 132 valence electrons. The summed E-state index contributed by atoms with van der Waals surface area (Å²) < 4.78 is 9.77. The lowest BCUT2D eigenvalue weighted by Gasteiger charge is -2.41. The molecule has 0 unspecified atom stereocenters. The van der Waals surface area contributed by atoms with E-state index >= 15 is 0 Å². The highest BCUT2D eigenvalue weighted by molar-refractivity contribution is 14.1. The van der Waals surface area contributed by atoms with Crippen molar-refractivity contribution in [2.75, 3.05) is 0 Å². The first-order valence-corrected chi connectivity index (χ1v) is 12.7. The van der Waals surface area contributed by atoms with Crippen molar-refractivity contribution in [1.29, 1.82) is 0 Å². The summed E-state index contributed by atoms with van der Waals surface area (Å²) in [7, 11) is -1.73. The van der Waals surface area contributed by atoms with Gasteiger partial charge in [-0.15, -0.1) is 0 Å². The van der Waals surface area contributed by atoms with E-state index in [-0.39, 0.29) is 5.04 Å². The normalized spacial score (nSPS) is 22.9. The van der Waals surface area contributed by atoms with Gasteiger partial charge in [-0.05, 0) is 66.4 Å². The standard InChI is InChI=1S/C17H27IN4OSi/c1-17(2,3)24(4,5)23-13-8-6-7-12(9-13)22-16-14(15(18)21-22)10-19-11-20-16/h10-13H,6-9H2,1-5H3/t12-,13-/m0/s1. The van der Waals surface area contributed by atoms with Gasteiger partial charge in [0.2, 0.25) is 0 Å². The highest BCUT2D eigenvalue weighted by Crippen LogP contribution is 2.40. The first-order chi connectivity index (χ1) is 11.2. The number of rotatable bonds is 3. The molecule has 2 aromatic rings. The van der Waals surface area contributed by atoms with Crippen LogP contribution in [-0.2, 0) is 4.43 Å². The van der Waals surface area contributed by atoms with Crippen LogP contribution in [-0.4, -0.2) is 34.2 Å². The van der Waals surface area contributed by atoms with E-state index < -0.39 is 8.32 Å². The molecule has 0 N–H and O–H groups in total. The molecule has 0 radical (unpaired) electrons. The molecular formula is C17H27IN4OSi. The van der Waals surface area contributed by atoms with Gasteiger partial charge >= 0.3 is 0 Å². The minimum atomic E-state index is -1.73. The van der Waals surface area contributed by atoms with Gasteiger partial charge in [-0.3, -0.25) is 0 Å². The van der Waals surface area contributed by atoms with Crippen molar-refractivity contribution in [1.82, 2.24) is 19.7 Å². The van der Waals surface area contributed by atoms with Crippen molar-refractivity contribution in [3.05, 3.63) is 16.2 Å². The van der Waals surface area contributed by atoms with Crippen molar-refractivity contribution in [2.24, 2.45) is 0 Å². The van der Waals surface area contributed by atoms with Gasteiger partial charge in [-0.2, -0.15) is 5.10 Å². The molecule has 0 spiro atoms. The predicted octanol–water partition coefficient (Wildman–Crippen LogP) is 4.94. The molecule has 0 bridgehead atoms. The van der Waals surface area contributed by atoms with Crippen LogP contribution in [0.25, 0.3) is 11.0 Å². The second kappa shape index (κ2) is 6.64. The molecule has 0 saturated heterocycles. The predicted molar refractivity (Wildman–Crippen MR) is 108 cm³/mol. The van der Waals surface area contributed by atoms with Crippen LogP contribution < -0.4 is 0 Å². The zero-order chi connectivity index (χ0) is 17.5. The average molecular weight is 458 g/mol. The molecule has 1 saturated carbocycles. The maximum Gasteiger partial charge on any atom is 0.192 e. The third-order valence-electron chi connectivity index (χ3n) is 5.54. The van der Waals surface area contributed by atoms with Crippen molar-refractivity contribution >= 4 is 41.9 Å². The largest absolute Gasteiger partial charge is 0.414 e. The average Bonchev–Trinajstić information content (AvgIpc) is 2.84. The van der Waals surface area contributed by atoms with Gasteiger partial charge in [0, 0.05) is 12.3 Å². The third-order valence-corrected chi connectivity index (χ3v) is 10.9. The Morgan fingerprint density at radius 2 is 2.04 bits per heavy atom. The van der Waals surface area contributed by atoms with Crippen LogP contribution in [0.1, 0.15) is 52.5 Å². The SMILES string of the molecule is CC(C)(C)[Si](C)(C)O[C@H]1CCC[C@H](n2nc(I)c3cncnc32)C1. The van der Waals surface area contributed by atoms with Crippen molar-refractivity contribution in [3.8, 4) is 0 Å². The molecule has 3 rings (SSSR count). The van der Waals surface area contributed by atoms with Crippen LogP contribution >= 0.6 is 22.6 Å². The number of aromatic nitrogens is 4. The van der Waals surface area contributed by atoms with Gasteiger partial charge in [0.1, 0.15) is 10.0 Å². The smallest absolute Gasteiger partial charge is 0.192 e. The van der Waals surface area contributed by atoms with E-state index in [2.05, 4.69) is 71.1 Å². The third kappa shape index (κ3) is 3.53. The second-order valence-corrected chi connectivity index (χ2v) is 14.1. The number of hydrogen-bond acceptors (Lipinski definition) is 4. The van der Waals surface area contributed by atoms with Crippen LogP contribution in [0.5, 0.6) is 0 Å². The molecular weight excluding hydrogens is 431 g/mol. The Labute approximate surface area is 158 Å². The Kier molecular flexibility index (Phi) is 5.05. The van der Waals surface area contributed by atoms with Crippen LogP contribution in [0.3, 0.4) is 0 Å². The maximum atomic E-state index is 6.68. The fourth-order valence-corrected chi connectivity index (χ4v) is 5.16. The first kappa shape index (κ1) is 18.3. The van der Waals surface area contributed by atoms with Gasteiger partial charge in [-0.25, -0.2) is 14.6 Å². The lowest BCUT2D eigenvalue weighted by atomic mass is 9.93. The van der Waals surface area contributed by atoms with E-state index in [0.717, 1.165) is 34.0 Å². The van der Waals surface area contributed by atoms with Gasteiger partial charge in [0.05, 0.1) is 11.4 Å². The molecule has 2 aromatic heterocycles. The van der Waals surface area contributed by atoms with Crippen LogP contribution in [0.2, 0.25) is 18.1 Å². The van der Waals surface area contributed by atoms with Gasteiger partial charge < -0.3 is 4.43 Å². The Bertz CT molecular complexity index is 725. The fraction of sp³-hybridized carbons (Fsp3) is 0.706. The molecule has 5 nitrogen and oxygen atoms in total. The number of nitrogens with zero attached hydrogens (tertiary/aromatic N) is 4. The van der Waals surface area contributed by atoms with Gasteiger partial charge in [-0.1, -0.05) is 20.8 Å². The molecule has 0 aliphatic heterocycles. The Morgan fingerprint density at radius 3 is 2.75 bits per heavy atom. The zero-order valence-electron chi connectivity index (χ0n) is 15.2. The Balaban J connectivity index is 1.81. The van der Waals surface area contributed by atoms with Gasteiger partial charge in [0.25, 0.3) is 0 Å². The van der Waals surface area contributed by atoms with E-state index in [9.17, 15) is 0 Å². The van der Waals surface area contributed by atoms with Crippen molar-refractivity contribution < 1.29 is 4.43 Å². The molecule has 24 heavy (non-hydrogen) atoms. The van der Waals surface area contributed by atoms with Crippen LogP contribution in [0.15, 0.2) is 12.5 Å². The van der Waals surface area contributed by atoms with E-state index in [0.29, 0.717) is 12.1 Å². The molecule has 0 amide bonds. The monoisotopic (exact) mass is 458 g/mol. The van der Waals surface area contributed by atoms with E-state index in [1.54, 1.807) is 6.33 Å². The lowest BCUT2D eigenvalue weighted by Crippen LogP contribution is -2.45. The highest BCUT2D eigenvalue weighted by Gasteiger charge is 2.40. The van der Waals surface area contributed by atoms with E-state index in [1.807, 2.05) is 6.20 Å². The number of halogens is 1. The molecule has 7 heteroatoms. The molecule has 1 aliphatic rings. The van der Waals surface area contributed by atoms with Crippen molar-refractivity contribution in [3.63, 3.8) is 0 Å². The molecule has 2 heterocycles. The number of fused-ring (bicyclic) bond motifs is 1. The second-order valence-electron chi connectivity index (χ2n) is 8.32. The fourth-order valence-electron chi connectivity index (χ4n) is 3.14. The Morgan fingerprint density at radius 1 is 1.29 bits per heavy atom. The maximum absolute atomic E-state index is 6.68. The summed E-state index contributed by atoms with van der Waals surface area (Å²) in [6.07, 6.45) is 8.34. The van der Waals surface area contributed by atoms with Crippen LogP contribution in [0.4, 0.5) is 0 Å². The quantitative estimate of drug-likeness (QED) is 0.483. The van der Waals surface area contributed by atoms with Crippen molar-refractivity contribution in [2.45, 2.75) is 76.7 Å². The summed E-state index contributed by atoms with van der Waals surface area (Å²) in [5, 5.41) is 6.05. The topological polar surface area (TPSA) is 52.8 Å². The minimum absolute atomic E-state index is 0.251. The minimum Gasteiger partial charge on any atom is -0.414 e. The molecule has 2 atom stereocenters. The summed E-state index contributed by atoms with van der Waals surface area (Å²) in [6.45, 7) is 11.6. The number of hydrogen-bond donors (Lipinski definition) is 0. The summed E-state index contributed by atoms with van der Waals surface area (Å²) in [5.74, 6) is 0.